The van der Waals surface area contributed by atoms with E-state index in [9.17, 15) is 14.6 Å². The first-order chi connectivity index (χ1) is 10.7. The van der Waals surface area contributed by atoms with E-state index in [1.807, 2.05) is 6.08 Å². The van der Waals surface area contributed by atoms with E-state index in [0.717, 1.165) is 25.7 Å². The van der Waals surface area contributed by atoms with Crippen molar-refractivity contribution in [2.45, 2.75) is 57.8 Å². The second-order valence-electron chi connectivity index (χ2n) is 8.93. The maximum atomic E-state index is 14.2. The van der Waals surface area contributed by atoms with Gasteiger partial charge in [-0.2, -0.15) is 0 Å². The Labute approximate surface area is 137 Å². The lowest BCUT2D eigenvalue weighted by Gasteiger charge is -2.59. The predicted molar refractivity (Wildman–Crippen MR) is 86.7 cm³/mol. The zero-order chi connectivity index (χ0) is 16.6. The first-order valence-corrected chi connectivity index (χ1v) is 8.95. The van der Waals surface area contributed by atoms with Gasteiger partial charge >= 0.3 is 0 Å². The molecule has 2 saturated carbocycles. The molecule has 4 N–H and O–H groups in total. The van der Waals surface area contributed by atoms with Crippen LogP contribution in [-0.4, -0.2) is 22.0 Å². The van der Waals surface area contributed by atoms with Crippen molar-refractivity contribution in [3.05, 3.63) is 24.1 Å². The second kappa shape index (κ2) is 4.68. The zero-order valence-electron chi connectivity index (χ0n) is 14.0. The number of nitrogens with two attached hydrogens (primary N) is 1. The fraction of sp³-hybridized carbons (Fsp3) is 0.789. The molecule has 0 aromatic rings. The van der Waals surface area contributed by atoms with E-state index in [0.29, 0.717) is 18.3 Å². The molecule has 4 aliphatic carbocycles. The van der Waals surface area contributed by atoms with Crippen LogP contribution in [0.5, 0.6) is 0 Å². The van der Waals surface area contributed by atoms with Gasteiger partial charge in [0.25, 0.3) is 0 Å². The third-order valence-corrected chi connectivity index (χ3v) is 7.86. The first kappa shape index (κ1) is 15.8. The Balaban J connectivity index is 1.70. The minimum atomic E-state index is -1.66. The lowest BCUT2D eigenvalue weighted by atomic mass is 9.46. The van der Waals surface area contributed by atoms with Gasteiger partial charge in [0.05, 0.1) is 6.04 Å². The highest BCUT2D eigenvalue weighted by Gasteiger charge is 2.60. The van der Waals surface area contributed by atoms with Crippen LogP contribution >= 0.6 is 0 Å². The van der Waals surface area contributed by atoms with Crippen LogP contribution in [0.25, 0.3) is 0 Å². The zero-order valence-corrected chi connectivity index (χ0v) is 14.0. The highest BCUT2D eigenvalue weighted by atomic mass is 19.1. The van der Waals surface area contributed by atoms with Gasteiger partial charge in [-0.1, -0.05) is 19.9 Å². The Kier molecular flexibility index (Phi) is 3.21. The van der Waals surface area contributed by atoms with Crippen LogP contribution < -0.4 is 5.73 Å². The SMILES string of the molecule is C[C@]12C=CC(O)(O)C[C@H]1CC[C@@H]1[C@@H]2CC[C@]2(C)[C@@H](N)C(F)=C[C@@H]12. The number of hydrogen-bond donors (Lipinski definition) is 3. The molecule has 0 amide bonds. The van der Waals surface area contributed by atoms with E-state index < -0.39 is 11.8 Å². The van der Waals surface area contributed by atoms with Gasteiger partial charge in [-0.25, -0.2) is 4.39 Å². The standard InChI is InChI=1S/C19H28FNO2/c1-17-7-8-19(22,23)10-11(17)3-4-12-13(17)5-6-18(2)14(12)9-15(20)16(18)21/h7-9,11-14,16,22-23H,3-6,10,21H2,1-2H3/t11-,12-,13+,14+,16+,17+,18+/m1/s1. The summed E-state index contributed by atoms with van der Waals surface area (Å²) in [4.78, 5) is 0. The van der Waals surface area contributed by atoms with Gasteiger partial charge < -0.3 is 15.9 Å². The van der Waals surface area contributed by atoms with Crippen LogP contribution in [0.15, 0.2) is 24.1 Å². The van der Waals surface area contributed by atoms with Crippen molar-refractivity contribution < 1.29 is 14.6 Å². The summed E-state index contributed by atoms with van der Waals surface area (Å²) in [7, 11) is 0. The Bertz CT molecular complexity index is 586. The monoisotopic (exact) mass is 321 g/mol. The minimum Gasteiger partial charge on any atom is -0.362 e. The highest BCUT2D eigenvalue weighted by molar-refractivity contribution is 5.26. The summed E-state index contributed by atoms with van der Waals surface area (Å²) in [6.45, 7) is 4.41. The molecular weight excluding hydrogens is 293 g/mol. The molecule has 7 atom stereocenters. The molecule has 3 nitrogen and oxygen atoms in total. The number of allylic oxidation sites excluding steroid dienone is 2. The molecular formula is C19H28FNO2. The van der Waals surface area contributed by atoms with Crippen LogP contribution in [0.3, 0.4) is 0 Å². The van der Waals surface area contributed by atoms with E-state index in [4.69, 9.17) is 5.73 Å². The van der Waals surface area contributed by atoms with Gasteiger partial charge in [-0.15, -0.1) is 0 Å². The molecule has 23 heavy (non-hydrogen) atoms. The van der Waals surface area contributed by atoms with Crippen LogP contribution in [0.4, 0.5) is 4.39 Å². The molecule has 2 fully saturated rings. The summed E-state index contributed by atoms with van der Waals surface area (Å²) in [6, 6.07) is -0.455. The predicted octanol–water partition coefficient (Wildman–Crippen LogP) is 2.89. The van der Waals surface area contributed by atoms with Crippen LogP contribution in [0.2, 0.25) is 0 Å². The highest BCUT2D eigenvalue weighted by Crippen LogP contribution is 2.64. The average molecular weight is 321 g/mol. The van der Waals surface area contributed by atoms with E-state index in [2.05, 4.69) is 13.8 Å². The van der Waals surface area contributed by atoms with Gasteiger partial charge in [-0.3, -0.25) is 0 Å². The lowest BCUT2D eigenvalue weighted by Crippen LogP contribution is -2.55. The number of fused-ring (bicyclic) bond motifs is 5. The molecule has 4 rings (SSSR count). The Morgan fingerprint density at radius 1 is 1.17 bits per heavy atom. The fourth-order valence-electron chi connectivity index (χ4n) is 6.34. The van der Waals surface area contributed by atoms with Crippen molar-refractivity contribution in [1.29, 1.82) is 0 Å². The largest absolute Gasteiger partial charge is 0.362 e. The van der Waals surface area contributed by atoms with Crippen molar-refractivity contribution in [2.24, 2.45) is 40.2 Å². The molecule has 128 valence electrons. The fourth-order valence-corrected chi connectivity index (χ4v) is 6.34. The number of rotatable bonds is 0. The minimum absolute atomic E-state index is 0.0177. The summed E-state index contributed by atoms with van der Waals surface area (Å²) < 4.78 is 14.2. The van der Waals surface area contributed by atoms with E-state index in [-0.39, 0.29) is 28.5 Å². The van der Waals surface area contributed by atoms with E-state index >= 15 is 0 Å². The molecule has 4 aliphatic rings. The topological polar surface area (TPSA) is 66.5 Å². The maximum absolute atomic E-state index is 14.2. The van der Waals surface area contributed by atoms with Crippen molar-refractivity contribution in [3.8, 4) is 0 Å². The van der Waals surface area contributed by atoms with Gasteiger partial charge in [0.15, 0.2) is 5.79 Å². The van der Waals surface area contributed by atoms with Crippen LogP contribution in [0, 0.1) is 34.5 Å². The molecule has 0 saturated heterocycles. The Morgan fingerprint density at radius 2 is 1.91 bits per heavy atom. The number of hydrogen-bond acceptors (Lipinski definition) is 3. The summed E-state index contributed by atoms with van der Waals surface area (Å²) in [6.07, 6.45) is 9.83. The molecule has 0 heterocycles. The molecule has 0 radical (unpaired) electrons. The molecule has 0 aromatic heterocycles. The lowest BCUT2D eigenvalue weighted by molar-refractivity contribution is -0.166. The molecule has 4 heteroatoms. The van der Waals surface area contributed by atoms with Crippen molar-refractivity contribution in [3.63, 3.8) is 0 Å². The van der Waals surface area contributed by atoms with Crippen molar-refractivity contribution in [1.82, 2.24) is 0 Å². The second-order valence-corrected chi connectivity index (χ2v) is 8.93. The van der Waals surface area contributed by atoms with Gasteiger partial charge in [0, 0.05) is 6.42 Å². The summed E-state index contributed by atoms with van der Waals surface area (Å²) in [5.74, 6) is -0.365. The number of aliphatic hydroxyl groups is 2. The normalized spacial score (nSPS) is 54.0. The van der Waals surface area contributed by atoms with Crippen LogP contribution in [-0.2, 0) is 0 Å². The molecule has 0 aliphatic heterocycles. The molecule has 0 bridgehead atoms. The third kappa shape index (κ3) is 2.04. The van der Waals surface area contributed by atoms with Gasteiger partial charge in [0.2, 0.25) is 0 Å². The van der Waals surface area contributed by atoms with E-state index in [1.54, 1.807) is 12.2 Å². The number of halogens is 1. The van der Waals surface area contributed by atoms with E-state index in [1.165, 1.54) is 0 Å². The Hall–Kier alpha value is -0.710. The van der Waals surface area contributed by atoms with Gasteiger partial charge in [0.1, 0.15) is 5.83 Å². The summed E-state index contributed by atoms with van der Waals surface area (Å²) in [5, 5.41) is 20.0. The maximum Gasteiger partial charge on any atom is 0.182 e. The first-order valence-electron chi connectivity index (χ1n) is 8.95. The molecule has 0 spiro atoms. The molecule has 0 unspecified atom stereocenters. The summed E-state index contributed by atoms with van der Waals surface area (Å²) in [5.41, 5.74) is 6.00. The van der Waals surface area contributed by atoms with Crippen molar-refractivity contribution in [2.75, 3.05) is 0 Å². The summed E-state index contributed by atoms with van der Waals surface area (Å²) >= 11 is 0. The average Bonchev–Trinajstić information content (AvgIpc) is 2.71. The van der Waals surface area contributed by atoms with Crippen molar-refractivity contribution >= 4 is 0 Å². The Morgan fingerprint density at radius 3 is 2.65 bits per heavy atom. The van der Waals surface area contributed by atoms with Crippen LogP contribution in [0.1, 0.15) is 46.0 Å². The quantitative estimate of drug-likeness (QED) is 0.475. The third-order valence-electron chi connectivity index (χ3n) is 7.86. The smallest absolute Gasteiger partial charge is 0.182 e. The molecule has 0 aromatic carbocycles. The van der Waals surface area contributed by atoms with Gasteiger partial charge in [-0.05, 0) is 72.3 Å².